The van der Waals surface area contributed by atoms with Gasteiger partial charge in [-0.3, -0.25) is 0 Å². The van der Waals surface area contributed by atoms with E-state index in [9.17, 15) is 0 Å². The molecule has 1 aliphatic rings. The highest BCUT2D eigenvalue weighted by molar-refractivity contribution is 7.80. The minimum absolute atomic E-state index is 0.304. The molecule has 0 nitrogen and oxygen atoms in total. The van der Waals surface area contributed by atoms with Gasteiger partial charge >= 0.3 is 0 Å². The number of hydrogen-bond acceptors (Lipinski definition) is 0. The van der Waals surface area contributed by atoms with Gasteiger partial charge in [-0.15, -0.1) is 0 Å². The van der Waals surface area contributed by atoms with Crippen LogP contribution in [0.2, 0.25) is 0 Å². The van der Waals surface area contributed by atoms with Crippen LogP contribution in [0.1, 0.15) is 11.1 Å². The van der Waals surface area contributed by atoms with Crippen molar-refractivity contribution in [1.29, 1.82) is 0 Å². The molecule has 0 aromatic heterocycles. The Bertz CT molecular complexity index is 452. The Balaban J connectivity index is 2.40. The molecule has 3 radical (unpaired) electrons. The highest BCUT2D eigenvalue weighted by atomic mass is 31.1. The molecule has 0 saturated carbocycles. The molecule has 0 amide bonds. The molecule has 2 heteroatoms. The molecule has 14 heavy (non-hydrogen) atoms. The summed E-state index contributed by atoms with van der Waals surface area (Å²) >= 11 is 0. The van der Waals surface area contributed by atoms with Gasteiger partial charge in [0.15, 0.2) is 0 Å². The summed E-state index contributed by atoms with van der Waals surface area (Å²) in [5.74, 6) is 0. The molecule has 0 spiro atoms. The normalized spacial score (nSPS) is 16.1. The lowest BCUT2D eigenvalue weighted by molar-refractivity contribution is 1.32. The molecular formula is C12H10BP-. The van der Waals surface area contributed by atoms with E-state index in [1.807, 2.05) is 0 Å². The summed E-state index contributed by atoms with van der Waals surface area (Å²) in [5, 5.41) is 2.82. The van der Waals surface area contributed by atoms with Crippen molar-refractivity contribution in [3.05, 3.63) is 47.5 Å². The van der Waals surface area contributed by atoms with Gasteiger partial charge in [-0.2, -0.15) is 0 Å². The van der Waals surface area contributed by atoms with Crippen molar-refractivity contribution in [3.8, 4) is 0 Å². The fourth-order valence-electron chi connectivity index (χ4n) is 2.26. The molecular weight excluding hydrogens is 186 g/mol. The van der Waals surface area contributed by atoms with Crippen LogP contribution in [-0.2, 0) is 12.3 Å². The number of benzene rings is 2. The summed E-state index contributed by atoms with van der Waals surface area (Å²) in [7, 11) is 5.79. The third kappa shape index (κ3) is 1.20. The van der Waals surface area contributed by atoms with E-state index in [0.29, 0.717) is 0 Å². The molecule has 1 aliphatic heterocycles. The van der Waals surface area contributed by atoms with E-state index in [0.717, 1.165) is 12.3 Å². The lowest BCUT2D eigenvalue weighted by Crippen LogP contribution is -1.99. The van der Waals surface area contributed by atoms with E-state index in [1.54, 1.807) is 0 Å². The Kier molecular flexibility index (Phi) is 1.88. The van der Waals surface area contributed by atoms with Crippen molar-refractivity contribution in [3.63, 3.8) is 0 Å². The highest BCUT2D eigenvalue weighted by Gasteiger charge is 2.10. The van der Waals surface area contributed by atoms with Crippen LogP contribution in [0.5, 0.6) is 0 Å². The molecule has 0 fully saturated rings. The maximum atomic E-state index is 6.09. The fourth-order valence-corrected chi connectivity index (χ4v) is 3.77. The van der Waals surface area contributed by atoms with Gasteiger partial charge in [0.1, 0.15) is 0 Å². The van der Waals surface area contributed by atoms with Gasteiger partial charge in [0.25, 0.3) is 0 Å². The van der Waals surface area contributed by atoms with Crippen LogP contribution in [0.3, 0.4) is 0 Å². The number of hydrogen-bond donors (Lipinski definition) is 0. The molecule has 0 unspecified atom stereocenters. The first-order valence-corrected chi connectivity index (χ1v) is 6.62. The summed E-state index contributed by atoms with van der Waals surface area (Å²) < 4.78 is 0. The van der Waals surface area contributed by atoms with E-state index >= 15 is 0 Å². The van der Waals surface area contributed by atoms with Gasteiger partial charge in [-0.25, -0.2) is 0 Å². The minimum atomic E-state index is -0.304. The van der Waals surface area contributed by atoms with E-state index in [4.69, 9.17) is 7.57 Å². The largest absolute Gasteiger partial charge is 0.578 e. The highest BCUT2D eigenvalue weighted by Crippen LogP contribution is 2.46. The second-order valence-electron chi connectivity index (χ2n) is 3.84. The Morgan fingerprint density at radius 3 is 2.07 bits per heavy atom. The predicted molar refractivity (Wildman–Crippen MR) is 64.0 cm³/mol. The quantitative estimate of drug-likeness (QED) is 0.447. The van der Waals surface area contributed by atoms with Crippen molar-refractivity contribution < 1.29 is 0 Å². The Morgan fingerprint density at radius 1 is 0.929 bits per heavy atom. The van der Waals surface area contributed by atoms with Gasteiger partial charge < -0.3 is 15.4 Å². The zero-order chi connectivity index (χ0) is 9.54. The first-order valence-electron chi connectivity index (χ1n) is 4.84. The molecule has 2 aromatic rings. The fraction of sp³-hybridized carbons (Fsp3) is 0.167. The van der Waals surface area contributed by atoms with Crippen molar-refractivity contribution in [2.75, 3.05) is 0 Å². The summed E-state index contributed by atoms with van der Waals surface area (Å²) in [6, 6.07) is 13.1. The van der Waals surface area contributed by atoms with Crippen molar-refractivity contribution in [1.82, 2.24) is 0 Å². The second-order valence-corrected chi connectivity index (χ2v) is 5.65. The molecule has 2 aromatic carbocycles. The van der Waals surface area contributed by atoms with Crippen LogP contribution < -0.4 is 0 Å². The minimum Gasteiger partial charge on any atom is -0.578 e. The lowest BCUT2D eigenvalue weighted by atomic mass is 10.0. The monoisotopic (exact) mass is 196 g/mol. The summed E-state index contributed by atoms with van der Waals surface area (Å²) in [4.78, 5) is 0. The van der Waals surface area contributed by atoms with Gasteiger partial charge in [-0.1, -0.05) is 36.4 Å². The molecule has 0 aliphatic carbocycles. The Labute approximate surface area is 86.4 Å². The van der Waals surface area contributed by atoms with Gasteiger partial charge in [-0.05, 0) is 34.2 Å². The molecule has 3 rings (SSSR count). The van der Waals surface area contributed by atoms with E-state index in [1.165, 1.54) is 21.9 Å². The van der Waals surface area contributed by atoms with Crippen molar-refractivity contribution in [2.45, 2.75) is 12.3 Å². The molecule has 0 bridgehead atoms. The molecule has 67 valence electrons. The van der Waals surface area contributed by atoms with E-state index in [-0.39, 0.29) is 7.80 Å². The zero-order valence-electron chi connectivity index (χ0n) is 7.90. The van der Waals surface area contributed by atoms with Crippen LogP contribution in [0.25, 0.3) is 10.8 Å². The predicted octanol–water partition coefficient (Wildman–Crippen LogP) is 3.42. The first-order chi connectivity index (χ1) is 6.84. The maximum absolute atomic E-state index is 6.09. The van der Waals surface area contributed by atoms with Crippen molar-refractivity contribution in [2.24, 2.45) is 0 Å². The lowest BCUT2D eigenvalue weighted by Gasteiger charge is -2.33. The topological polar surface area (TPSA) is 0 Å². The standard InChI is InChI=1S/C12H10BP/c13-14-7-10-5-1-3-9-4-2-6-11(8-14)12(9)10/h1-6H,7-8H2/q-1. The molecule has 0 atom stereocenters. The van der Waals surface area contributed by atoms with Gasteiger partial charge in [0, 0.05) is 0 Å². The Hall–Kier alpha value is -0.805. The number of rotatable bonds is 0. The zero-order valence-corrected chi connectivity index (χ0v) is 8.80. The van der Waals surface area contributed by atoms with E-state index in [2.05, 4.69) is 36.4 Å². The average Bonchev–Trinajstić information content (AvgIpc) is 2.18. The SMILES string of the molecule is [B-]P1Cc2cccc3cccc(c23)C1. The molecule has 1 heterocycles. The molecule has 0 saturated heterocycles. The van der Waals surface area contributed by atoms with Crippen LogP contribution in [0.15, 0.2) is 36.4 Å². The summed E-state index contributed by atoms with van der Waals surface area (Å²) in [5.41, 5.74) is 2.89. The summed E-state index contributed by atoms with van der Waals surface area (Å²) in [6.07, 6.45) is 2.17. The smallest absolute Gasteiger partial charge is 0.0115 e. The molecule has 0 N–H and O–H groups in total. The summed E-state index contributed by atoms with van der Waals surface area (Å²) in [6.45, 7) is 0. The van der Waals surface area contributed by atoms with Crippen LogP contribution >= 0.6 is 7.80 Å². The first kappa shape index (κ1) is 8.50. The van der Waals surface area contributed by atoms with Gasteiger partial charge in [0.2, 0.25) is 0 Å². The van der Waals surface area contributed by atoms with Crippen LogP contribution in [-0.4, -0.2) is 7.57 Å². The third-order valence-corrected chi connectivity index (χ3v) is 4.32. The second kappa shape index (κ2) is 3.10. The average molecular weight is 196 g/mol. The third-order valence-electron chi connectivity index (χ3n) is 2.82. The van der Waals surface area contributed by atoms with Gasteiger partial charge in [0.05, 0.1) is 0 Å². The maximum Gasteiger partial charge on any atom is -0.0115 e. The van der Waals surface area contributed by atoms with Crippen LogP contribution in [0.4, 0.5) is 0 Å². The van der Waals surface area contributed by atoms with E-state index < -0.39 is 0 Å². The Morgan fingerprint density at radius 2 is 1.50 bits per heavy atom. The van der Waals surface area contributed by atoms with Crippen LogP contribution in [0, 0.1) is 0 Å². The van der Waals surface area contributed by atoms with Crippen molar-refractivity contribution >= 4 is 26.1 Å².